The quantitative estimate of drug-likeness (QED) is 0.287. The third-order valence-corrected chi connectivity index (χ3v) is 5.27. The van der Waals surface area contributed by atoms with Crippen molar-refractivity contribution in [2.45, 2.75) is 13.5 Å². The lowest BCUT2D eigenvalue weighted by molar-refractivity contribution is 0.0519. The highest BCUT2D eigenvalue weighted by atomic mass is 35.5. The summed E-state index contributed by atoms with van der Waals surface area (Å²) in [6.45, 7) is 2.49. The van der Waals surface area contributed by atoms with E-state index in [1.165, 1.54) is 0 Å². The number of hydrogen-bond acceptors (Lipinski definition) is 4. The molecule has 32 heavy (non-hydrogen) atoms. The van der Waals surface area contributed by atoms with Gasteiger partial charge in [0.25, 0.3) is 0 Å². The van der Waals surface area contributed by atoms with Crippen LogP contribution in [0.1, 0.15) is 23.0 Å². The number of ether oxygens (including phenoxy) is 2. The molecule has 0 bridgehead atoms. The zero-order valence-corrected chi connectivity index (χ0v) is 18.8. The first-order valence-electron chi connectivity index (χ1n) is 10.0. The zero-order chi connectivity index (χ0) is 22.5. The molecule has 5 nitrogen and oxygen atoms in total. The number of carbonyl (C=O) groups excluding carboxylic acids is 1. The summed E-state index contributed by atoms with van der Waals surface area (Å²) in [7, 11) is 0. The second kappa shape index (κ2) is 9.90. The third-order valence-electron chi connectivity index (χ3n) is 4.73. The van der Waals surface area contributed by atoms with Gasteiger partial charge in [0.1, 0.15) is 12.4 Å². The highest BCUT2D eigenvalue weighted by Crippen LogP contribution is 2.31. The van der Waals surface area contributed by atoms with Crippen LogP contribution in [0.25, 0.3) is 16.9 Å². The normalized spacial score (nSPS) is 10.7. The topological polar surface area (TPSA) is 53.4 Å². The first-order valence-corrected chi connectivity index (χ1v) is 10.8. The minimum atomic E-state index is -0.500. The molecule has 162 valence electrons. The Kier molecular flexibility index (Phi) is 6.78. The highest BCUT2D eigenvalue weighted by molar-refractivity contribution is 6.35. The van der Waals surface area contributed by atoms with Crippen molar-refractivity contribution in [2.75, 3.05) is 6.61 Å². The molecule has 0 amide bonds. The van der Waals surface area contributed by atoms with Gasteiger partial charge in [-0.1, -0.05) is 53.5 Å². The van der Waals surface area contributed by atoms with Crippen LogP contribution in [0.5, 0.6) is 5.75 Å². The van der Waals surface area contributed by atoms with E-state index in [-0.39, 0.29) is 12.3 Å². The van der Waals surface area contributed by atoms with E-state index in [0.29, 0.717) is 28.0 Å². The van der Waals surface area contributed by atoms with Crippen LogP contribution in [-0.2, 0) is 11.3 Å². The number of carbonyl (C=O) groups is 1. The number of nitrogens with zero attached hydrogens (tertiary/aromatic N) is 2. The van der Waals surface area contributed by atoms with Crippen molar-refractivity contribution in [3.05, 3.63) is 100 Å². The minimum absolute atomic E-state index is 0.192. The highest BCUT2D eigenvalue weighted by Gasteiger charge is 2.19. The van der Waals surface area contributed by atoms with Gasteiger partial charge in [-0.15, -0.1) is 0 Å². The molecule has 0 saturated carbocycles. The molecule has 0 unspecified atom stereocenters. The van der Waals surface area contributed by atoms with E-state index in [9.17, 15) is 4.79 Å². The van der Waals surface area contributed by atoms with Gasteiger partial charge < -0.3 is 9.47 Å². The van der Waals surface area contributed by atoms with E-state index in [1.54, 1.807) is 35.9 Å². The van der Waals surface area contributed by atoms with E-state index in [4.69, 9.17) is 32.7 Å². The van der Waals surface area contributed by atoms with Crippen molar-refractivity contribution in [3.8, 4) is 22.7 Å². The summed E-state index contributed by atoms with van der Waals surface area (Å²) in [5, 5.41) is 5.38. The molecule has 0 saturated heterocycles. The van der Waals surface area contributed by atoms with Crippen molar-refractivity contribution in [1.29, 1.82) is 0 Å². The maximum Gasteiger partial charge on any atom is 0.358 e. The fourth-order valence-corrected chi connectivity index (χ4v) is 3.68. The Balaban J connectivity index is 1.66. The number of halogens is 2. The second-order valence-corrected chi connectivity index (χ2v) is 7.79. The summed E-state index contributed by atoms with van der Waals surface area (Å²) >= 11 is 12.5. The van der Waals surface area contributed by atoms with Crippen LogP contribution in [0, 0.1) is 0 Å². The van der Waals surface area contributed by atoms with Crippen LogP contribution < -0.4 is 4.74 Å². The van der Waals surface area contributed by atoms with E-state index in [0.717, 1.165) is 16.9 Å². The number of aromatic nitrogens is 2. The molecular weight excluding hydrogens is 447 g/mol. The molecule has 0 spiro atoms. The van der Waals surface area contributed by atoms with Gasteiger partial charge in [0, 0.05) is 10.6 Å². The number of esters is 1. The molecule has 1 heterocycles. The Labute approximate surface area is 196 Å². The Hall–Kier alpha value is -3.28. The third kappa shape index (κ3) is 4.96. The van der Waals surface area contributed by atoms with Crippen molar-refractivity contribution in [1.82, 2.24) is 9.78 Å². The van der Waals surface area contributed by atoms with Crippen LogP contribution in [0.3, 0.4) is 0 Å². The van der Waals surface area contributed by atoms with E-state index < -0.39 is 5.97 Å². The smallest absolute Gasteiger partial charge is 0.358 e. The Morgan fingerprint density at radius 3 is 2.41 bits per heavy atom. The van der Waals surface area contributed by atoms with Gasteiger partial charge in [0.2, 0.25) is 0 Å². The summed E-state index contributed by atoms with van der Waals surface area (Å²) in [6, 6.07) is 24.3. The van der Waals surface area contributed by atoms with Gasteiger partial charge in [-0.25, -0.2) is 9.48 Å². The Morgan fingerprint density at radius 1 is 0.969 bits per heavy atom. The predicted molar refractivity (Wildman–Crippen MR) is 126 cm³/mol. The lowest BCUT2D eigenvalue weighted by Gasteiger charge is -2.11. The van der Waals surface area contributed by atoms with Crippen LogP contribution in [0.15, 0.2) is 78.9 Å². The molecular formula is C25H20Cl2N2O3. The molecule has 4 aromatic rings. The Bertz CT molecular complexity index is 1220. The number of benzene rings is 3. The molecule has 0 aliphatic rings. The van der Waals surface area contributed by atoms with Crippen LogP contribution in [0.4, 0.5) is 0 Å². The molecule has 0 fully saturated rings. The monoisotopic (exact) mass is 466 g/mol. The molecule has 3 aromatic carbocycles. The fourth-order valence-electron chi connectivity index (χ4n) is 3.19. The van der Waals surface area contributed by atoms with Crippen molar-refractivity contribution in [2.24, 2.45) is 0 Å². The second-order valence-electron chi connectivity index (χ2n) is 6.94. The van der Waals surface area contributed by atoms with Gasteiger partial charge in [0.15, 0.2) is 5.69 Å². The molecule has 0 radical (unpaired) electrons. The first kappa shape index (κ1) is 21.9. The van der Waals surface area contributed by atoms with Crippen molar-refractivity contribution < 1.29 is 14.3 Å². The number of hydrogen-bond donors (Lipinski definition) is 0. The lowest BCUT2D eigenvalue weighted by Crippen LogP contribution is -2.07. The van der Waals surface area contributed by atoms with Gasteiger partial charge in [-0.3, -0.25) is 0 Å². The van der Waals surface area contributed by atoms with Crippen molar-refractivity contribution >= 4 is 29.2 Å². The summed E-state index contributed by atoms with van der Waals surface area (Å²) < 4.78 is 12.6. The fraction of sp³-hybridized carbons (Fsp3) is 0.120. The van der Waals surface area contributed by atoms with Gasteiger partial charge in [0.05, 0.1) is 23.0 Å². The van der Waals surface area contributed by atoms with Gasteiger partial charge >= 0.3 is 5.97 Å². The van der Waals surface area contributed by atoms with E-state index in [1.807, 2.05) is 54.6 Å². The summed E-state index contributed by atoms with van der Waals surface area (Å²) in [4.78, 5) is 12.3. The summed E-state index contributed by atoms with van der Waals surface area (Å²) in [6.07, 6.45) is 0. The van der Waals surface area contributed by atoms with Crippen LogP contribution in [-0.4, -0.2) is 22.4 Å². The lowest BCUT2D eigenvalue weighted by atomic mass is 10.1. The molecule has 0 atom stereocenters. The standard InChI is InChI=1S/C25H20Cl2N2O3/c1-2-31-25(30)22-15-24(29(28-22)23-13-10-19(26)14-21(23)27)18-8-11-20(12-9-18)32-16-17-6-4-3-5-7-17/h3-15H,2,16H2,1H3. The minimum Gasteiger partial charge on any atom is -0.489 e. The SMILES string of the molecule is CCOC(=O)c1cc(-c2ccc(OCc3ccccc3)cc2)n(-c2ccc(Cl)cc2Cl)n1. The molecule has 0 aliphatic carbocycles. The first-order chi connectivity index (χ1) is 15.5. The zero-order valence-electron chi connectivity index (χ0n) is 17.3. The number of rotatable bonds is 7. The average molecular weight is 467 g/mol. The molecule has 7 heteroatoms. The maximum atomic E-state index is 12.3. The molecule has 1 aromatic heterocycles. The van der Waals surface area contributed by atoms with E-state index >= 15 is 0 Å². The maximum absolute atomic E-state index is 12.3. The Morgan fingerprint density at radius 2 is 1.72 bits per heavy atom. The summed E-state index contributed by atoms with van der Waals surface area (Å²) in [5.74, 6) is 0.235. The molecule has 4 rings (SSSR count). The summed E-state index contributed by atoms with van der Waals surface area (Å²) in [5.41, 5.74) is 3.41. The van der Waals surface area contributed by atoms with Crippen LogP contribution >= 0.6 is 23.2 Å². The average Bonchev–Trinajstić information content (AvgIpc) is 3.24. The van der Waals surface area contributed by atoms with Crippen LogP contribution in [0.2, 0.25) is 10.0 Å². The van der Waals surface area contributed by atoms with Gasteiger partial charge in [-0.2, -0.15) is 5.10 Å². The van der Waals surface area contributed by atoms with E-state index in [2.05, 4.69) is 5.10 Å². The predicted octanol–water partition coefficient (Wildman–Crippen LogP) is 6.60. The van der Waals surface area contributed by atoms with Crippen molar-refractivity contribution in [3.63, 3.8) is 0 Å². The molecule has 0 aliphatic heterocycles. The molecule has 0 N–H and O–H groups in total. The largest absolute Gasteiger partial charge is 0.489 e. The van der Waals surface area contributed by atoms with Gasteiger partial charge in [-0.05, 0) is 61.0 Å².